The highest BCUT2D eigenvalue weighted by atomic mass is 16.8. The Hall–Kier alpha value is -2.13. The van der Waals surface area contributed by atoms with E-state index in [1.807, 2.05) is 13.8 Å². The summed E-state index contributed by atoms with van der Waals surface area (Å²) in [6.45, 7) is 10.6. The molecule has 9 heteroatoms. The molecule has 5 rings (SSSR count). The topological polar surface area (TPSA) is 118 Å². The third-order valence-corrected chi connectivity index (χ3v) is 9.24. The highest BCUT2D eigenvalue weighted by Crippen LogP contribution is 2.78. The molecule has 0 radical (unpaired) electrons. The average molecular weight is 507 g/mol. The van der Waals surface area contributed by atoms with Crippen molar-refractivity contribution in [3.63, 3.8) is 0 Å². The summed E-state index contributed by atoms with van der Waals surface area (Å²) in [5.41, 5.74) is -0.931. The normalized spacial score (nSPS) is 41.9. The van der Waals surface area contributed by atoms with Gasteiger partial charge in [0.15, 0.2) is 0 Å². The highest BCUT2D eigenvalue weighted by Gasteiger charge is 2.79. The van der Waals surface area contributed by atoms with Crippen molar-refractivity contribution in [3.8, 4) is 0 Å². The third kappa shape index (κ3) is 3.68. The van der Waals surface area contributed by atoms with Gasteiger partial charge in [-0.3, -0.25) is 14.4 Å². The zero-order chi connectivity index (χ0) is 26.3. The van der Waals surface area contributed by atoms with Gasteiger partial charge < -0.3 is 28.8 Å². The van der Waals surface area contributed by atoms with Gasteiger partial charge in [0.1, 0.15) is 5.60 Å². The van der Waals surface area contributed by atoms with E-state index in [1.54, 1.807) is 13.8 Å². The van der Waals surface area contributed by atoms with Crippen LogP contribution in [0.3, 0.4) is 0 Å². The minimum Gasteiger partial charge on any atom is -0.459 e. The molecular formula is C27H38O9. The summed E-state index contributed by atoms with van der Waals surface area (Å²) in [5, 5.41) is 11.5. The summed E-state index contributed by atoms with van der Waals surface area (Å²) in [7, 11) is 0. The summed E-state index contributed by atoms with van der Waals surface area (Å²) >= 11 is 0. The van der Waals surface area contributed by atoms with Gasteiger partial charge in [-0.25, -0.2) is 0 Å². The van der Waals surface area contributed by atoms with Gasteiger partial charge in [-0.1, -0.05) is 20.8 Å². The van der Waals surface area contributed by atoms with Crippen LogP contribution in [0.4, 0.5) is 0 Å². The molecular weight excluding hydrogens is 468 g/mol. The summed E-state index contributed by atoms with van der Waals surface area (Å²) in [5.74, 6) is -3.49. The molecule has 0 aromatic rings. The fourth-order valence-electron chi connectivity index (χ4n) is 8.12. The molecule has 5 aliphatic rings. The van der Waals surface area contributed by atoms with Gasteiger partial charge >= 0.3 is 23.9 Å². The van der Waals surface area contributed by atoms with Crippen molar-refractivity contribution >= 4 is 17.9 Å². The number of esters is 3. The van der Waals surface area contributed by atoms with Crippen LogP contribution in [0.5, 0.6) is 0 Å². The van der Waals surface area contributed by atoms with Crippen molar-refractivity contribution in [3.05, 3.63) is 11.8 Å². The third-order valence-electron chi connectivity index (χ3n) is 9.24. The molecule has 4 fully saturated rings. The molecule has 0 aromatic carbocycles. The van der Waals surface area contributed by atoms with E-state index < -0.39 is 52.5 Å². The van der Waals surface area contributed by atoms with Crippen LogP contribution in [0.2, 0.25) is 0 Å². The van der Waals surface area contributed by atoms with Crippen molar-refractivity contribution in [2.45, 2.75) is 104 Å². The molecule has 2 aliphatic heterocycles. The summed E-state index contributed by atoms with van der Waals surface area (Å²) in [6, 6.07) is 0. The van der Waals surface area contributed by atoms with Crippen LogP contribution in [-0.4, -0.2) is 47.0 Å². The van der Waals surface area contributed by atoms with Gasteiger partial charge in [-0.2, -0.15) is 0 Å². The maximum Gasteiger partial charge on any atom is 0.374 e. The smallest absolute Gasteiger partial charge is 0.374 e. The number of hydrogen-bond acceptors (Lipinski definition) is 9. The molecule has 36 heavy (non-hydrogen) atoms. The van der Waals surface area contributed by atoms with Crippen molar-refractivity contribution in [2.75, 3.05) is 0 Å². The minimum absolute atomic E-state index is 0.0669. The first-order valence-corrected chi connectivity index (χ1v) is 13.1. The fourth-order valence-corrected chi connectivity index (χ4v) is 8.12. The average Bonchev–Trinajstić information content (AvgIpc) is 3.16. The maximum absolute atomic E-state index is 13.0. The molecule has 8 atom stereocenters. The van der Waals surface area contributed by atoms with Crippen LogP contribution < -0.4 is 0 Å². The minimum atomic E-state index is -2.02. The lowest BCUT2D eigenvalue weighted by molar-refractivity contribution is -0.368. The molecule has 3 bridgehead atoms. The Kier molecular flexibility index (Phi) is 5.80. The Morgan fingerprint density at radius 3 is 2.56 bits per heavy atom. The quantitative estimate of drug-likeness (QED) is 0.314. The molecule has 0 amide bonds. The SMILES string of the molecule is CC(=O)OC(C)(C)CC(=O)OC1O[C@H]2C[C@@H]3C[C@@]45C2=CO[C@](O)(OC(=O)CC(C)C)[C@@H]4CC[C@H]5[C@]13C. The Morgan fingerprint density at radius 1 is 1.19 bits per heavy atom. The predicted molar refractivity (Wildman–Crippen MR) is 124 cm³/mol. The van der Waals surface area contributed by atoms with E-state index in [0.717, 1.165) is 24.8 Å². The molecule has 1 spiro atoms. The first kappa shape index (κ1) is 25.5. The first-order valence-electron chi connectivity index (χ1n) is 13.1. The Bertz CT molecular complexity index is 1000. The predicted octanol–water partition coefficient (Wildman–Crippen LogP) is 3.58. The van der Waals surface area contributed by atoms with E-state index in [4.69, 9.17) is 23.7 Å². The number of rotatable bonds is 7. The van der Waals surface area contributed by atoms with Gasteiger partial charge in [-0.15, -0.1) is 0 Å². The second kappa shape index (κ2) is 8.18. The summed E-state index contributed by atoms with van der Waals surface area (Å²) in [6.07, 6.45) is 3.55. The molecule has 0 aromatic heterocycles. The van der Waals surface area contributed by atoms with Crippen LogP contribution in [0, 0.1) is 34.5 Å². The largest absolute Gasteiger partial charge is 0.459 e. The van der Waals surface area contributed by atoms with E-state index in [1.165, 1.54) is 13.2 Å². The van der Waals surface area contributed by atoms with Crippen molar-refractivity contribution in [1.29, 1.82) is 0 Å². The molecule has 200 valence electrons. The van der Waals surface area contributed by atoms with Crippen LogP contribution >= 0.6 is 0 Å². The Balaban J connectivity index is 1.41. The lowest BCUT2D eigenvalue weighted by atomic mass is 9.62. The van der Waals surface area contributed by atoms with E-state index in [2.05, 4.69) is 6.92 Å². The van der Waals surface area contributed by atoms with E-state index in [9.17, 15) is 19.5 Å². The highest BCUT2D eigenvalue weighted by molar-refractivity contribution is 5.72. The zero-order valence-electron chi connectivity index (χ0n) is 22.0. The molecule has 2 heterocycles. The van der Waals surface area contributed by atoms with E-state index in [0.29, 0.717) is 6.42 Å². The zero-order valence-corrected chi connectivity index (χ0v) is 22.0. The second-order valence-corrected chi connectivity index (χ2v) is 12.6. The maximum atomic E-state index is 13.0. The molecule has 3 aliphatic carbocycles. The molecule has 9 nitrogen and oxygen atoms in total. The molecule has 1 unspecified atom stereocenters. The molecule has 3 saturated carbocycles. The van der Waals surface area contributed by atoms with Gasteiger partial charge in [0, 0.05) is 29.7 Å². The van der Waals surface area contributed by atoms with E-state index in [-0.39, 0.29) is 36.7 Å². The van der Waals surface area contributed by atoms with Crippen LogP contribution in [0.25, 0.3) is 0 Å². The molecule has 1 saturated heterocycles. The number of ether oxygens (including phenoxy) is 5. The number of carbonyl (C=O) groups is 3. The Morgan fingerprint density at radius 2 is 1.89 bits per heavy atom. The Labute approximate surface area is 211 Å². The summed E-state index contributed by atoms with van der Waals surface area (Å²) in [4.78, 5) is 36.9. The lowest BCUT2D eigenvalue weighted by Gasteiger charge is -2.51. The van der Waals surface area contributed by atoms with Gasteiger partial charge in [-0.05, 0) is 57.3 Å². The van der Waals surface area contributed by atoms with Crippen molar-refractivity contribution in [1.82, 2.24) is 0 Å². The van der Waals surface area contributed by atoms with Crippen molar-refractivity contribution in [2.24, 2.45) is 34.5 Å². The first-order chi connectivity index (χ1) is 16.7. The van der Waals surface area contributed by atoms with Crippen LogP contribution in [0.1, 0.15) is 80.1 Å². The molecule has 1 N–H and O–H groups in total. The summed E-state index contributed by atoms with van der Waals surface area (Å²) < 4.78 is 29.0. The van der Waals surface area contributed by atoms with Gasteiger partial charge in [0.25, 0.3) is 0 Å². The van der Waals surface area contributed by atoms with Gasteiger partial charge in [0.2, 0.25) is 6.29 Å². The lowest BCUT2D eigenvalue weighted by Crippen LogP contribution is -2.56. The number of aliphatic hydroxyl groups is 1. The van der Waals surface area contributed by atoms with Gasteiger partial charge in [0.05, 0.1) is 24.7 Å². The standard InChI is InChI=1S/C27H38O9/c1-14(2)9-21(29)36-27(31)20-8-7-19-25(6)16-10-18(17(13-32-27)26(19,20)11-16)33-23(25)34-22(30)12-24(4,5)35-15(3)28/h13-14,16,18-20,23,31H,7-12H2,1-6H3/t16-,18+,19+,20-,23?,25-,26+,27+/m1/s1. The van der Waals surface area contributed by atoms with E-state index >= 15 is 0 Å². The van der Waals surface area contributed by atoms with Crippen molar-refractivity contribution < 1.29 is 43.2 Å². The fraction of sp³-hybridized carbons (Fsp3) is 0.815. The monoisotopic (exact) mass is 506 g/mol. The second-order valence-electron chi connectivity index (χ2n) is 12.6. The number of fused-ring (bicyclic) bond motifs is 3. The van der Waals surface area contributed by atoms with Crippen LogP contribution in [-0.2, 0) is 38.1 Å². The number of carbonyl (C=O) groups excluding carboxylic acids is 3. The number of hydrogen-bond donors (Lipinski definition) is 1. The van der Waals surface area contributed by atoms with Crippen LogP contribution in [0.15, 0.2) is 11.8 Å².